The average molecular weight is 141 g/mol. The third-order valence-corrected chi connectivity index (χ3v) is 1.16. The topological polar surface area (TPSA) is 33.1 Å². The van der Waals surface area contributed by atoms with Crippen LogP contribution in [0.25, 0.3) is 0 Å². The molecule has 2 nitrogen and oxygen atoms in total. The fraction of sp³-hybridized carbons (Fsp3) is 0.286. The van der Waals surface area contributed by atoms with E-state index in [0.29, 0.717) is 11.4 Å². The fourth-order valence-electron chi connectivity index (χ4n) is 0.692. The Labute approximate surface area is 58.3 Å². The predicted octanol–water partition coefficient (Wildman–Crippen LogP) is 1.04. The van der Waals surface area contributed by atoms with Crippen molar-refractivity contribution in [2.45, 2.75) is 13.3 Å². The highest BCUT2D eigenvalue weighted by atomic mass is 19.1. The van der Waals surface area contributed by atoms with Gasteiger partial charge in [-0.2, -0.15) is 0 Å². The molecule has 0 atom stereocenters. The van der Waals surface area contributed by atoms with E-state index < -0.39 is 6.67 Å². The number of hydrogen-bond donors (Lipinski definition) is 1. The summed E-state index contributed by atoms with van der Waals surface area (Å²) in [6.45, 7) is -0.707. The van der Waals surface area contributed by atoms with Gasteiger partial charge in [0.05, 0.1) is 18.0 Å². The van der Waals surface area contributed by atoms with Crippen LogP contribution in [0, 0.1) is 0 Å². The maximum Gasteiger partial charge on any atom is 0.131 e. The third kappa shape index (κ3) is 1.51. The van der Waals surface area contributed by atoms with E-state index in [1.807, 2.05) is 0 Å². The van der Waals surface area contributed by atoms with Crippen molar-refractivity contribution in [3.63, 3.8) is 0 Å². The molecule has 0 saturated heterocycles. The third-order valence-electron chi connectivity index (χ3n) is 1.16. The van der Waals surface area contributed by atoms with Crippen LogP contribution in [0.1, 0.15) is 11.4 Å². The number of rotatable bonds is 2. The molecule has 1 N–H and O–H groups in total. The molecule has 0 spiro atoms. The van der Waals surface area contributed by atoms with Crippen molar-refractivity contribution in [3.8, 4) is 0 Å². The lowest BCUT2D eigenvalue weighted by molar-refractivity contribution is 0.276. The maximum atomic E-state index is 11.9. The Morgan fingerprint density at radius 1 is 1.40 bits per heavy atom. The fourth-order valence-corrected chi connectivity index (χ4v) is 0.692. The Kier molecular flexibility index (Phi) is 2.34. The molecule has 0 aliphatic heterocycles. The van der Waals surface area contributed by atoms with Gasteiger partial charge < -0.3 is 5.11 Å². The second kappa shape index (κ2) is 3.27. The van der Waals surface area contributed by atoms with Crippen LogP contribution in [-0.2, 0) is 13.3 Å². The summed E-state index contributed by atoms with van der Waals surface area (Å²) < 4.78 is 11.9. The van der Waals surface area contributed by atoms with Gasteiger partial charge in [0.25, 0.3) is 0 Å². The Hall–Kier alpha value is -0.960. The number of pyridine rings is 1. The Bertz CT molecular complexity index is 195. The summed E-state index contributed by atoms with van der Waals surface area (Å²) in [5, 5.41) is 8.57. The monoisotopic (exact) mass is 141 g/mol. The van der Waals surface area contributed by atoms with Gasteiger partial charge in [0.2, 0.25) is 0 Å². The molecule has 0 aromatic carbocycles. The van der Waals surface area contributed by atoms with Gasteiger partial charge in [0.15, 0.2) is 0 Å². The van der Waals surface area contributed by atoms with Gasteiger partial charge in [-0.25, -0.2) is 4.39 Å². The molecule has 0 radical (unpaired) electrons. The standard InChI is InChI=1S/C7H8FNO/c8-4-6-2-1-3-7(5-10)9-6/h1-3,10H,4-5H2. The smallest absolute Gasteiger partial charge is 0.131 e. The van der Waals surface area contributed by atoms with Gasteiger partial charge in [-0.15, -0.1) is 0 Å². The number of nitrogens with zero attached hydrogens (tertiary/aromatic N) is 1. The van der Waals surface area contributed by atoms with E-state index >= 15 is 0 Å². The normalized spacial score (nSPS) is 9.80. The summed E-state index contributed by atoms with van der Waals surface area (Å²) in [4.78, 5) is 3.78. The molecule has 0 aliphatic carbocycles. The minimum absolute atomic E-state index is 0.131. The van der Waals surface area contributed by atoms with Crippen molar-refractivity contribution >= 4 is 0 Å². The molecular formula is C7H8FNO. The van der Waals surface area contributed by atoms with Crippen molar-refractivity contribution in [1.82, 2.24) is 4.98 Å². The first kappa shape index (κ1) is 7.15. The van der Waals surface area contributed by atoms with Crippen LogP contribution >= 0.6 is 0 Å². The van der Waals surface area contributed by atoms with Crippen LogP contribution in [0.15, 0.2) is 18.2 Å². The van der Waals surface area contributed by atoms with E-state index in [0.717, 1.165) is 0 Å². The molecule has 1 heterocycles. The van der Waals surface area contributed by atoms with Gasteiger partial charge in [-0.05, 0) is 12.1 Å². The molecule has 0 fully saturated rings. The van der Waals surface area contributed by atoms with Crippen LogP contribution in [0.4, 0.5) is 4.39 Å². The van der Waals surface area contributed by atoms with E-state index in [1.165, 1.54) is 0 Å². The zero-order valence-electron chi connectivity index (χ0n) is 5.42. The van der Waals surface area contributed by atoms with Crippen molar-refractivity contribution in [2.75, 3.05) is 0 Å². The zero-order chi connectivity index (χ0) is 7.40. The van der Waals surface area contributed by atoms with Gasteiger partial charge >= 0.3 is 0 Å². The summed E-state index contributed by atoms with van der Waals surface area (Å²) >= 11 is 0. The molecule has 0 unspecified atom stereocenters. The lowest BCUT2D eigenvalue weighted by atomic mass is 10.3. The zero-order valence-corrected chi connectivity index (χ0v) is 5.42. The lowest BCUT2D eigenvalue weighted by Crippen LogP contribution is -1.92. The number of alkyl halides is 1. The molecule has 0 bridgehead atoms. The van der Waals surface area contributed by atoms with Crippen LogP contribution in [0.5, 0.6) is 0 Å². The Morgan fingerprint density at radius 2 is 2.10 bits per heavy atom. The minimum atomic E-state index is -0.576. The molecule has 1 aromatic rings. The predicted molar refractivity (Wildman–Crippen MR) is 35.0 cm³/mol. The van der Waals surface area contributed by atoms with E-state index in [4.69, 9.17) is 5.11 Å². The SMILES string of the molecule is OCc1cccc(CF)n1. The van der Waals surface area contributed by atoms with Crippen molar-refractivity contribution in [2.24, 2.45) is 0 Å². The molecule has 10 heavy (non-hydrogen) atoms. The second-order valence-electron chi connectivity index (χ2n) is 1.91. The first-order valence-electron chi connectivity index (χ1n) is 2.98. The van der Waals surface area contributed by atoms with E-state index in [9.17, 15) is 4.39 Å². The van der Waals surface area contributed by atoms with E-state index in [1.54, 1.807) is 18.2 Å². The first-order valence-corrected chi connectivity index (χ1v) is 2.98. The van der Waals surface area contributed by atoms with Crippen LogP contribution < -0.4 is 0 Å². The summed E-state index contributed by atoms with van der Waals surface area (Å²) in [7, 11) is 0. The lowest BCUT2D eigenvalue weighted by Gasteiger charge is -1.95. The van der Waals surface area contributed by atoms with E-state index in [-0.39, 0.29) is 6.61 Å². The highest BCUT2D eigenvalue weighted by molar-refractivity contribution is 5.09. The molecule has 3 heteroatoms. The summed E-state index contributed by atoms with van der Waals surface area (Å²) in [6.07, 6.45) is 0. The highest BCUT2D eigenvalue weighted by Gasteiger charge is 1.93. The van der Waals surface area contributed by atoms with Gasteiger partial charge in [-0.3, -0.25) is 4.98 Å². The highest BCUT2D eigenvalue weighted by Crippen LogP contribution is 1.99. The van der Waals surface area contributed by atoms with Gasteiger partial charge in [-0.1, -0.05) is 6.07 Å². The number of hydrogen-bond acceptors (Lipinski definition) is 2. The number of aromatic nitrogens is 1. The number of aliphatic hydroxyl groups excluding tert-OH is 1. The largest absolute Gasteiger partial charge is 0.390 e. The molecule has 1 aromatic heterocycles. The van der Waals surface area contributed by atoms with Crippen LogP contribution in [-0.4, -0.2) is 10.1 Å². The molecular weight excluding hydrogens is 133 g/mol. The van der Waals surface area contributed by atoms with Gasteiger partial charge in [0.1, 0.15) is 6.67 Å². The van der Waals surface area contributed by atoms with Crippen molar-refractivity contribution in [1.29, 1.82) is 0 Å². The minimum Gasteiger partial charge on any atom is -0.390 e. The quantitative estimate of drug-likeness (QED) is 0.667. The molecule has 0 saturated carbocycles. The Balaban J connectivity index is 2.87. The van der Waals surface area contributed by atoms with Crippen molar-refractivity contribution in [3.05, 3.63) is 29.6 Å². The molecule has 0 amide bonds. The van der Waals surface area contributed by atoms with Crippen molar-refractivity contribution < 1.29 is 9.50 Å². The average Bonchev–Trinajstić information content (AvgIpc) is 2.05. The van der Waals surface area contributed by atoms with E-state index in [2.05, 4.69) is 4.98 Å². The molecule has 54 valence electrons. The number of halogens is 1. The summed E-state index contributed by atoms with van der Waals surface area (Å²) in [6, 6.07) is 4.91. The second-order valence-corrected chi connectivity index (χ2v) is 1.91. The van der Waals surface area contributed by atoms with Gasteiger partial charge in [0, 0.05) is 0 Å². The molecule has 1 rings (SSSR count). The summed E-state index contributed by atoms with van der Waals surface area (Å²) in [5.41, 5.74) is 0.877. The van der Waals surface area contributed by atoms with Crippen LogP contribution in [0.3, 0.4) is 0 Å². The summed E-state index contributed by atoms with van der Waals surface area (Å²) in [5.74, 6) is 0. The number of aliphatic hydroxyl groups is 1. The Morgan fingerprint density at radius 3 is 2.70 bits per heavy atom. The maximum absolute atomic E-state index is 11.9. The first-order chi connectivity index (χ1) is 4.86. The van der Waals surface area contributed by atoms with Crippen LogP contribution in [0.2, 0.25) is 0 Å². The molecule has 0 aliphatic rings.